The van der Waals surface area contributed by atoms with Gasteiger partial charge in [0.25, 0.3) is 11.6 Å². The van der Waals surface area contributed by atoms with Crippen LogP contribution in [0.4, 0.5) is 5.69 Å². The fraction of sp³-hybridized carbons (Fsp3) is 0.263. The maximum atomic E-state index is 12.8. The van der Waals surface area contributed by atoms with Crippen molar-refractivity contribution in [1.29, 1.82) is 0 Å². The fourth-order valence-corrected chi connectivity index (χ4v) is 2.40. The van der Waals surface area contributed by atoms with Crippen LogP contribution in [0.25, 0.3) is 0 Å². The third kappa shape index (κ3) is 5.14. The number of carbonyl (C=O) groups excluding carboxylic acids is 2. The van der Waals surface area contributed by atoms with Gasteiger partial charge < -0.3 is 9.64 Å². The molecule has 7 nitrogen and oxygen atoms in total. The minimum Gasteiger partial charge on any atom is -0.469 e. The smallest absolute Gasteiger partial charge is 0.307 e. The lowest BCUT2D eigenvalue weighted by Crippen LogP contribution is -2.32. The van der Waals surface area contributed by atoms with Crippen LogP contribution in [0, 0.1) is 17.0 Å². The SMILES string of the molecule is COC(=O)CCN(Cc1ccc(C)cc1)C(=O)c1ccc([N+](=O)[O-])cc1. The van der Waals surface area contributed by atoms with Crippen LogP contribution in [0.3, 0.4) is 0 Å². The van der Waals surface area contributed by atoms with Gasteiger partial charge in [-0.3, -0.25) is 19.7 Å². The first-order valence-electron chi connectivity index (χ1n) is 8.07. The van der Waals surface area contributed by atoms with Crippen LogP contribution in [0.5, 0.6) is 0 Å². The molecule has 2 rings (SSSR count). The number of nitro groups is 1. The Morgan fingerprint density at radius 2 is 1.69 bits per heavy atom. The van der Waals surface area contributed by atoms with E-state index in [2.05, 4.69) is 4.74 Å². The van der Waals surface area contributed by atoms with Crippen LogP contribution in [0.2, 0.25) is 0 Å². The molecule has 2 aromatic carbocycles. The summed E-state index contributed by atoms with van der Waals surface area (Å²) in [4.78, 5) is 36.0. The van der Waals surface area contributed by atoms with E-state index in [1.165, 1.54) is 36.3 Å². The zero-order valence-corrected chi connectivity index (χ0v) is 14.7. The van der Waals surface area contributed by atoms with Gasteiger partial charge in [0.2, 0.25) is 0 Å². The van der Waals surface area contributed by atoms with Crippen molar-refractivity contribution in [3.8, 4) is 0 Å². The molecule has 0 spiro atoms. The number of hydrogen-bond donors (Lipinski definition) is 0. The van der Waals surface area contributed by atoms with Crippen LogP contribution < -0.4 is 0 Å². The Balaban J connectivity index is 2.20. The van der Waals surface area contributed by atoms with E-state index >= 15 is 0 Å². The number of amides is 1. The van der Waals surface area contributed by atoms with Crippen LogP contribution in [0.1, 0.15) is 27.9 Å². The average molecular weight is 356 g/mol. The molecule has 0 aliphatic rings. The highest BCUT2D eigenvalue weighted by atomic mass is 16.6. The Morgan fingerprint density at radius 1 is 1.08 bits per heavy atom. The van der Waals surface area contributed by atoms with Gasteiger partial charge in [-0.05, 0) is 24.6 Å². The van der Waals surface area contributed by atoms with Crippen molar-refractivity contribution >= 4 is 17.6 Å². The molecule has 2 aromatic rings. The molecule has 0 saturated heterocycles. The van der Waals surface area contributed by atoms with Gasteiger partial charge in [-0.1, -0.05) is 29.8 Å². The Kier molecular flexibility index (Phi) is 6.43. The molecule has 0 saturated carbocycles. The van der Waals surface area contributed by atoms with Crippen LogP contribution >= 0.6 is 0 Å². The van der Waals surface area contributed by atoms with Crippen molar-refractivity contribution in [1.82, 2.24) is 4.90 Å². The number of ether oxygens (including phenoxy) is 1. The molecule has 0 atom stereocenters. The number of esters is 1. The maximum absolute atomic E-state index is 12.8. The Morgan fingerprint density at radius 3 is 2.23 bits per heavy atom. The molecule has 0 unspecified atom stereocenters. The highest BCUT2D eigenvalue weighted by molar-refractivity contribution is 5.94. The van der Waals surface area contributed by atoms with Gasteiger partial charge in [0.05, 0.1) is 18.5 Å². The maximum Gasteiger partial charge on any atom is 0.307 e. The first kappa shape index (κ1) is 19.1. The molecule has 0 aliphatic heterocycles. The minimum atomic E-state index is -0.518. The quantitative estimate of drug-likeness (QED) is 0.432. The molecule has 136 valence electrons. The summed E-state index contributed by atoms with van der Waals surface area (Å²) in [5, 5.41) is 10.8. The molecule has 0 fully saturated rings. The predicted molar refractivity (Wildman–Crippen MR) is 95.6 cm³/mol. The average Bonchev–Trinajstić information content (AvgIpc) is 2.65. The van der Waals surface area contributed by atoms with Crippen molar-refractivity contribution in [3.05, 3.63) is 75.3 Å². The predicted octanol–water partition coefficient (Wildman–Crippen LogP) is 3.11. The number of nitro benzene ring substituents is 1. The summed E-state index contributed by atoms with van der Waals surface area (Å²) >= 11 is 0. The first-order valence-corrected chi connectivity index (χ1v) is 8.07. The minimum absolute atomic E-state index is 0.0705. The third-order valence-corrected chi connectivity index (χ3v) is 3.92. The van der Waals surface area contributed by atoms with Crippen molar-refractivity contribution in [2.75, 3.05) is 13.7 Å². The summed E-state index contributed by atoms with van der Waals surface area (Å²) in [7, 11) is 1.30. The third-order valence-electron chi connectivity index (χ3n) is 3.92. The van der Waals surface area contributed by atoms with Crippen molar-refractivity contribution < 1.29 is 19.2 Å². The Labute approximate surface area is 151 Å². The zero-order valence-electron chi connectivity index (χ0n) is 14.7. The Hall–Kier alpha value is -3.22. The van der Waals surface area contributed by atoms with Gasteiger partial charge in [0, 0.05) is 30.8 Å². The summed E-state index contributed by atoms with van der Waals surface area (Å²) in [5.41, 5.74) is 2.28. The second kappa shape index (κ2) is 8.75. The molecular weight excluding hydrogens is 336 g/mol. The number of non-ortho nitro benzene ring substituents is 1. The number of hydrogen-bond acceptors (Lipinski definition) is 5. The van der Waals surface area contributed by atoms with E-state index in [9.17, 15) is 19.7 Å². The molecule has 7 heteroatoms. The van der Waals surface area contributed by atoms with Gasteiger partial charge >= 0.3 is 5.97 Å². The van der Waals surface area contributed by atoms with E-state index < -0.39 is 10.9 Å². The highest BCUT2D eigenvalue weighted by Crippen LogP contribution is 2.16. The van der Waals surface area contributed by atoms with Gasteiger partial charge in [0.15, 0.2) is 0 Å². The second-order valence-electron chi connectivity index (χ2n) is 5.84. The zero-order chi connectivity index (χ0) is 19.1. The summed E-state index contributed by atoms with van der Waals surface area (Å²) in [6.07, 6.45) is 0.0705. The fourth-order valence-electron chi connectivity index (χ4n) is 2.40. The molecular formula is C19H20N2O5. The molecule has 0 radical (unpaired) electrons. The lowest BCUT2D eigenvalue weighted by Gasteiger charge is -2.22. The van der Waals surface area contributed by atoms with Crippen LogP contribution in [-0.2, 0) is 16.1 Å². The van der Waals surface area contributed by atoms with Gasteiger partial charge in [-0.2, -0.15) is 0 Å². The molecule has 26 heavy (non-hydrogen) atoms. The highest BCUT2D eigenvalue weighted by Gasteiger charge is 2.18. The van der Waals surface area contributed by atoms with E-state index in [1.54, 1.807) is 0 Å². The number of rotatable bonds is 7. The van der Waals surface area contributed by atoms with Gasteiger partial charge in [-0.25, -0.2) is 0 Å². The van der Waals surface area contributed by atoms with E-state index in [0.717, 1.165) is 11.1 Å². The number of methoxy groups -OCH3 is 1. The van der Waals surface area contributed by atoms with Crippen LogP contribution in [-0.4, -0.2) is 35.4 Å². The largest absolute Gasteiger partial charge is 0.469 e. The lowest BCUT2D eigenvalue weighted by molar-refractivity contribution is -0.384. The second-order valence-corrected chi connectivity index (χ2v) is 5.84. The van der Waals surface area contributed by atoms with Crippen molar-refractivity contribution in [2.24, 2.45) is 0 Å². The Bertz CT molecular complexity index is 785. The first-order chi connectivity index (χ1) is 12.4. The molecule has 0 bridgehead atoms. The summed E-state index contributed by atoms with van der Waals surface area (Å²) < 4.78 is 4.64. The standard InChI is InChI=1S/C19H20N2O5/c1-14-3-5-15(6-4-14)13-20(12-11-18(22)26-2)19(23)16-7-9-17(10-8-16)21(24)25/h3-10H,11-13H2,1-2H3. The van der Waals surface area contributed by atoms with Crippen molar-refractivity contribution in [3.63, 3.8) is 0 Å². The van der Waals surface area contributed by atoms with Gasteiger partial charge in [-0.15, -0.1) is 0 Å². The number of aryl methyl sites for hydroxylation is 1. The normalized spacial score (nSPS) is 10.2. The summed E-state index contributed by atoms with van der Waals surface area (Å²) in [6.45, 7) is 2.49. The van der Waals surface area contributed by atoms with E-state index in [1.807, 2.05) is 31.2 Å². The molecule has 1 amide bonds. The van der Waals surface area contributed by atoms with Gasteiger partial charge in [0.1, 0.15) is 0 Å². The number of carbonyl (C=O) groups is 2. The number of nitrogens with zero attached hydrogens (tertiary/aromatic N) is 2. The molecule has 0 aliphatic carbocycles. The monoisotopic (exact) mass is 356 g/mol. The van der Waals surface area contributed by atoms with Crippen LogP contribution in [0.15, 0.2) is 48.5 Å². The van der Waals surface area contributed by atoms with E-state index in [0.29, 0.717) is 12.1 Å². The van der Waals surface area contributed by atoms with Crippen molar-refractivity contribution in [2.45, 2.75) is 19.9 Å². The summed E-state index contributed by atoms with van der Waals surface area (Å²) in [5.74, 6) is -0.709. The lowest BCUT2D eigenvalue weighted by atomic mass is 10.1. The molecule has 0 heterocycles. The van der Waals surface area contributed by atoms with E-state index in [-0.39, 0.29) is 24.6 Å². The number of benzene rings is 2. The topological polar surface area (TPSA) is 89.8 Å². The molecule has 0 N–H and O–H groups in total. The van der Waals surface area contributed by atoms with E-state index in [4.69, 9.17) is 0 Å². The summed E-state index contributed by atoms with van der Waals surface area (Å²) in [6, 6.07) is 13.2. The molecule has 0 aromatic heterocycles.